The van der Waals surface area contributed by atoms with Crippen LogP contribution in [0.1, 0.15) is 51.1 Å². The number of hydrogen-bond acceptors (Lipinski definition) is 4. The fourth-order valence-electron chi connectivity index (χ4n) is 3.49. The van der Waals surface area contributed by atoms with E-state index in [1.807, 2.05) is 29.2 Å². The molecule has 2 rings (SSSR count). The number of aliphatic hydroxyl groups excluding tert-OH is 1. The first kappa shape index (κ1) is 20.2. The van der Waals surface area contributed by atoms with Crippen molar-refractivity contribution in [1.29, 1.82) is 0 Å². The number of nitrogens with one attached hydrogen (secondary N) is 1. The van der Waals surface area contributed by atoms with Gasteiger partial charge in [0.15, 0.2) is 0 Å². The van der Waals surface area contributed by atoms with Gasteiger partial charge in [0.2, 0.25) is 11.8 Å². The highest BCUT2D eigenvalue weighted by molar-refractivity contribution is 5.85. The smallest absolute Gasteiger partial charge is 0.225 e. The molecule has 3 atom stereocenters. The number of ether oxygens (including phenoxy) is 1. The van der Waals surface area contributed by atoms with E-state index >= 15 is 0 Å². The van der Waals surface area contributed by atoms with E-state index in [1.54, 1.807) is 14.0 Å². The van der Waals surface area contributed by atoms with Crippen LogP contribution in [0.15, 0.2) is 24.3 Å². The minimum atomic E-state index is -0.606. The number of amides is 2. The summed E-state index contributed by atoms with van der Waals surface area (Å²) in [6, 6.07) is 7.21. The van der Waals surface area contributed by atoms with E-state index in [1.165, 1.54) is 0 Å². The largest absolute Gasteiger partial charge is 0.496 e. The van der Waals surface area contributed by atoms with Crippen LogP contribution in [0.5, 0.6) is 5.75 Å². The van der Waals surface area contributed by atoms with Gasteiger partial charge in [-0.3, -0.25) is 9.59 Å². The van der Waals surface area contributed by atoms with E-state index in [-0.39, 0.29) is 30.3 Å². The number of para-hydroxylation sites is 1. The van der Waals surface area contributed by atoms with Crippen molar-refractivity contribution in [2.75, 3.05) is 20.2 Å². The molecule has 1 aromatic rings. The van der Waals surface area contributed by atoms with Gasteiger partial charge in [-0.1, -0.05) is 31.5 Å². The van der Waals surface area contributed by atoms with Crippen LogP contribution in [0.3, 0.4) is 0 Å². The zero-order valence-corrected chi connectivity index (χ0v) is 15.9. The predicted octanol–water partition coefficient (Wildman–Crippen LogP) is 2.27. The maximum Gasteiger partial charge on any atom is 0.225 e. The van der Waals surface area contributed by atoms with Gasteiger partial charge in [-0.05, 0) is 25.8 Å². The van der Waals surface area contributed by atoms with Gasteiger partial charge in [0.25, 0.3) is 0 Å². The molecule has 1 heterocycles. The number of nitrogens with zero attached hydrogens (tertiary/aromatic N) is 1. The molecule has 1 saturated heterocycles. The highest BCUT2D eigenvalue weighted by atomic mass is 16.5. The lowest BCUT2D eigenvalue weighted by Crippen LogP contribution is -2.49. The third-order valence-electron chi connectivity index (χ3n) is 4.83. The maximum atomic E-state index is 12.8. The summed E-state index contributed by atoms with van der Waals surface area (Å²) in [4.78, 5) is 27.3. The molecule has 1 fully saturated rings. The molecule has 0 aliphatic carbocycles. The number of rotatable bonds is 8. The third-order valence-corrected chi connectivity index (χ3v) is 4.83. The van der Waals surface area contributed by atoms with E-state index in [0.717, 1.165) is 18.4 Å². The van der Waals surface area contributed by atoms with Crippen molar-refractivity contribution in [1.82, 2.24) is 10.2 Å². The summed E-state index contributed by atoms with van der Waals surface area (Å²) in [7, 11) is 1.60. The van der Waals surface area contributed by atoms with Crippen molar-refractivity contribution in [2.45, 2.75) is 51.7 Å². The first-order valence-electron chi connectivity index (χ1n) is 9.37. The van der Waals surface area contributed by atoms with Crippen LogP contribution in [0.25, 0.3) is 0 Å². The summed E-state index contributed by atoms with van der Waals surface area (Å²) < 4.78 is 5.50. The van der Waals surface area contributed by atoms with Crippen LogP contribution >= 0.6 is 0 Å². The highest BCUT2D eigenvalue weighted by Crippen LogP contribution is 2.40. The molecule has 0 aromatic heterocycles. The summed E-state index contributed by atoms with van der Waals surface area (Å²) >= 11 is 0. The van der Waals surface area contributed by atoms with Crippen LogP contribution in [0.4, 0.5) is 0 Å². The molecule has 1 aliphatic rings. The Morgan fingerprint density at radius 3 is 2.81 bits per heavy atom. The fourth-order valence-corrected chi connectivity index (χ4v) is 3.49. The number of piperidine rings is 1. The number of carbonyl (C=O) groups is 2. The van der Waals surface area contributed by atoms with Crippen LogP contribution in [0.2, 0.25) is 0 Å². The number of hydrogen-bond donors (Lipinski definition) is 2. The molecule has 1 aromatic carbocycles. The van der Waals surface area contributed by atoms with E-state index in [9.17, 15) is 14.7 Å². The van der Waals surface area contributed by atoms with Gasteiger partial charge in [0.05, 0.1) is 25.2 Å². The van der Waals surface area contributed by atoms with Crippen molar-refractivity contribution in [3.8, 4) is 5.75 Å². The maximum absolute atomic E-state index is 12.8. The van der Waals surface area contributed by atoms with Gasteiger partial charge < -0.3 is 20.1 Å². The highest BCUT2D eigenvalue weighted by Gasteiger charge is 2.41. The average molecular weight is 362 g/mol. The van der Waals surface area contributed by atoms with Gasteiger partial charge in [0, 0.05) is 25.1 Å². The van der Waals surface area contributed by atoms with Gasteiger partial charge in [0.1, 0.15) is 5.75 Å². The molecule has 2 N–H and O–H groups in total. The second-order valence-corrected chi connectivity index (χ2v) is 6.87. The quantitative estimate of drug-likeness (QED) is 0.744. The molecule has 3 unspecified atom stereocenters. The van der Waals surface area contributed by atoms with E-state index in [0.29, 0.717) is 25.1 Å². The molecule has 6 heteroatoms. The second-order valence-electron chi connectivity index (χ2n) is 6.87. The summed E-state index contributed by atoms with van der Waals surface area (Å²) in [5.74, 6) is 0.270. The Bertz CT molecular complexity index is 618. The Kier molecular flexibility index (Phi) is 7.45. The van der Waals surface area contributed by atoms with Crippen molar-refractivity contribution >= 4 is 11.8 Å². The number of aliphatic hydroxyl groups is 1. The molecule has 0 radical (unpaired) electrons. The molecule has 2 amide bonds. The number of carbonyl (C=O) groups excluding carboxylic acids is 2. The molecular formula is C20H30N2O4. The number of methoxy groups -OCH3 is 1. The summed E-state index contributed by atoms with van der Waals surface area (Å²) in [6.07, 6.45) is 2.11. The average Bonchev–Trinajstić information content (AvgIpc) is 2.64. The number of likely N-dealkylation sites (tertiary alicyclic amines) is 1. The zero-order valence-electron chi connectivity index (χ0n) is 15.9. The Morgan fingerprint density at radius 2 is 2.15 bits per heavy atom. The van der Waals surface area contributed by atoms with Crippen molar-refractivity contribution < 1.29 is 19.4 Å². The Labute approximate surface area is 155 Å². The van der Waals surface area contributed by atoms with E-state index in [2.05, 4.69) is 12.2 Å². The Balaban J connectivity index is 2.38. The van der Waals surface area contributed by atoms with Gasteiger partial charge in [-0.15, -0.1) is 0 Å². The lowest BCUT2D eigenvalue weighted by Gasteiger charge is -2.41. The summed E-state index contributed by atoms with van der Waals surface area (Å²) in [5, 5.41) is 12.3. The van der Waals surface area contributed by atoms with Gasteiger partial charge in [-0.2, -0.15) is 0 Å². The van der Waals surface area contributed by atoms with Crippen LogP contribution in [0, 0.1) is 5.92 Å². The van der Waals surface area contributed by atoms with Crippen LogP contribution in [-0.2, 0) is 9.59 Å². The molecule has 1 aliphatic heterocycles. The molecule has 26 heavy (non-hydrogen) atoms. The number of unbranched alkanes of at least 4 members (excludes halogenated alkanes) is 1. The lowest BCUT2D eigenvalue weighted by atomic mass is 9.83. The van der Waals surface area contributed by atoms with E-state index < -0.39 is 6.10 Å². The minimum Gasteiger partial charge on any atom is -0.496 e. The molecular weight excluding hydrogens is 332 g/mol. The Morgan fingerprint density at radius 1 is 1.42 bits per heavy atom. The molecule has 0 bridgehead atoms. The topological polar surface area (TPSA) is 78.9 Å². The summed E-state index contributed by atoms with van der Waals surface area (Å²) in [5.41, 5.74) is 0.858. The normalized spacial score (nSPS) is 21.4. The molecule has 0 spiro atoms. The van der Waals surface area contributed by atoms with Gasteiger partial charge in [-0.25, -0.2) is 0 Å². The second kappa shape index (κ2) is 9.57. The van der Waals surface area contributed by atoms with E-state index in [4.69, 9.17) is 4.74 Å². The first-order valence-corrected chi connectivity index (χ1v) is 9.37. The van der Waals surface area contributed by atoms with Crippen LogP contribution < -0.4 is 10.1 Å². The fraction of sp³-hybridized carbons (Fsp3) is 0.600. The minimum absolute atomic E-state index is 0.0777. The third kappa shape index (κ3) is 4.75. The van der Waals surface area contributed by atoms with Crippen molar-refractivity contribution in [3.63, 3.8) is 0 Å². The monoisotopic (exact) mass is 362 g/mol. The number of benzene rings is 1. The lowest BCUT2D eigenvalue weighted by molar-refractivity contribution is -0.143. The van der Waals surface area contributed by atoms with Crippen LogP contribution in [-0.4, -0.2) is 48.1 Å². The standard InChI is InChI=1S/C20H30N2O4/c1-4-5-12-22-18(24)11-10-16(20(25)21-13-14(2)23)19(22)15-8-6-7-9-17(15)26-3/h6-9,14,16,19,23H,4-5,10-13H2,1-3H3,(H,21,25). The Hall–Kier alpha value is -2.08. The predicted molar refractivity (Wildman–Crippen MR) is 99.8 cm³/mol. The molecule has 144 valence electrons. The SMILES string of the molecule is CCCCN1C(=O)CCC(C(=O)NCC(C)O)C1c1ccccc1OC. The molecule has 6 nitrogen and oxygen atoms in total. The summed E-state index contributed by atoms with van der Waals surface area (Å²) in [6.45, 7) is 4.55. The molecule has 0 saturated carbocycles. The van der Waals surface area contributed by atoms with Gasteiger partial charge >= 0.3 is 0 Å². The zero-order chi connectivity index (χ0) is 19.1. The van der Waals surface area contributed by atoms with Crippen molar-refractivity contribution in [2.24, 2.45) is 5.92 Å². The van der Waals surface area contributed by atoms with Crippen molar-refractivity contribution in [3.05, 3.63) is 29.8 Å². The first-order chi connectivity index (χ1) is 12.5.